The first-order valence-corrected chi connectivity index (χ1v) is 9.18. The summed E-state index contributed by atoms with van der Waals surface area (Å²) in [7, 11) is 1.79. The van der Waals surface area contributed by atoms with E-state index in [0.29, 0.717) is 22.5 Å². The van der Waals surface area contributed by atoms with Gasteiger partial charge in [0.2, 0.25) is 0 Å². The highest BCUT2D eigenvalue weighted by atomic mass is 79.9. The summed E-state index contributed by atoms with van der Waals surface area (Å²) in [5.74, 6) is -0.628. The van der Waals surface area contributed by atoms with E-state index in [4.69, 9.17) is 0 Å². The first kappa shape index (κ1) is 18.3. The van der Waals surface area contributed by atoms with E-state index < -0.39 is 10.7 Å². The number of aromatic amines is 1. The van der Waals surface area contributed by atoms with Crippen LogP contribution in [0.1, 0.15) is 11.1 Å². The van der Waals surface area contributed by atoms with Gasteiger partial charge in [-0.05, 0) is 47.0 Å². The van der Waals surface area contributed by atoms with Crippen LogP contribution in [0.25, 0.3) is 33.4 Å². The van der Waals surface area contributed by atoms with E-state index in [2.05, 4.69) is 31.0 Å². The third kappa shape index (κ3) is 2.78. The van der Waals surface area contributed by atoms with Crippen LogP contribution in [0, 0.1) is 29.8 Å². The van der Waals surface area contributed by atoms with Gasteiger partial charge in [-0.15, -0.1) is 0 Å². The SMILES string of the molecule is Cc1c(F)cc(-c2c(-c3cnn(C)c3)[nH]c3ncc(Br)c(C)c23)cc1[N+](=O)[O-]. The van der Waals surface area contributed by atoms with Crippen molar-refractivity contribution in [2.45, 2.75) is 13.8 Å². The zero-order valence-corrected chi connectivity index (χ0v) is 16.8. The lowest BCUT2D eigenvalue weighted by Crippen LogP contribution is -1.96. The van der Waals surface area contributed by atoms with Crippen molar-refractivity contribution in [2.24, 2.45) is 7.05 Å². The van der Waals surface area contributed by atoms with E-state index >= 15 is 0 Å². The summed E-state index contributed by atoms with van der Waals surface area (Å²) in [5, 5.41) is 16.4. The number of aromatic nitrogens is 4. The standard InChI is InChI=1S/C19H15BrFN5O2/c1-9-13(20)7-22-19-16(9)17(18(24-19)12-6-23-25(3)8-12)11-4-14(21)10(2)15(5-11)26(27)28/h4-8H,1-3H3,(H,22,24). The minimum atomic E-state index is -0.628. The molecule has 3 heterocycles. The fourth-order valence-corrected chi connectivity index (χ4v) is 3.64. The van der Waals surface area contributed by atoms with Gasteiger partial charge in [0.1, 0.15) is 11.5 Å². The van der Waals surface area contributed by atoms with Crippen LogP contribution >= 0.6 is 15.9 Å². The van der Waals surface area contributed by atoms with Gasteiger partial charge in [-0.25, -0.2) is 9.37 Å². The van der Waals surface area contributed by atoms with Gasteiger partial charge >= 0.3 is 0 Å². The van der Waals surface area contributed by atoms with Crippen LogP contribution in [0.3, 0.4) is 0 Å². The molecule has 0 fully saturated rings. The Labute approximate surface area is 167 Å². The molecule has 9 heteroatoms. The number of nitrogens with zero attached hydrogens (tertiary/aromatic N) is 4. The van der Waals surface area contributed by atoms with Gasteiger partial charge in [-0.3, -0.25) is 14.8 Å². The predicted octanol–water partition coefficient (Wildman–Crippen LogP) is 5.06. The van der Waals surface area contributed by atoms with E-state index in [1.54, 1.807) is 24.1 Å². The fourth-order valence-electron chi connectivity index (χ4n) is 3.34. The van der Waals surface area contributed by atoms with Crippen molar-refractivity contribution in [1.82, 2.24) is 19.7 Å². The molecular formula is C19H15BrFN5O2. The molecule has 0 radical (unpaired) electrons. The molecule has 4 rings (SSSR count). The van der Waals surface area contributed by atoms with Crippen molar-refractivity contribution < 1.29 is 9.31 Å². The normalized spacial score (nSPS) is 11.3. The number of nitrogens with one attached hydrogen (secondary N) is 1. The first-order chi connectivity index (χ1) is 13.3. The number of H-pyrrole nitrogens is 1. The molecule has 0 aliphatic carbocycles. The van der Waals surface area contributed by atoms with Crippen LogP contribution in [0.4, 0.5) is 10.1 Å². The summed E-state index contributed by atoms with van der Waals surface area (Å²) >= 11 is 3.48. The molecule has 4 aromatic rings. The summed E-state index contributed by atoms with van der Waals surface area (Å²) in [4.78, 5) is 18.6. The highest BCUT2D eigenvalue weighted by Gasteiger charge is 2.24. The number of benzene rings is 1. The number of rotatable bonds is 3. The van der Waals surface area contributed by atoms with Crippen LogP contribution in [0.2, 0.25) is 0 Å². The molecular weight excluding hydrogens is 429 g/mol. The van der Waals surface area contributed by atoms with Gasteiger partial charge in [-0.2, -0.15) is 5.10 Å². The van der Waals surface area contributed by atoms with Crippen molar-refractivity contribution in [2.75, 3.05) is 0 Å². The predicted molar refractivity (Wildman–Crippen MR) is 108 cm³/mol. The Hall–Kier alpha value is -3.07. The Morgan fingerprint density at radius 1 is 1.21 bits per heavy atom. The lowest BCUT2D eigenvalue weighted by Gasteiger charge is -2.08. The molecule has 0 spiro atoms. The number of hydrogen-bond acceptors (Lipinski definition) is 4. The second kappa shape index (κ2) is 6.52. The maximum atomic E-state index is 14.6. The molecule has 1 aromatic carbocycles. The lowest BCUT2D eigenvalue weighted by atomic mass is 9.96. The molecule has 142 valence electrons. The highest BCUT2D eigenvalue weighted by Crippen LogP contribution is 2.42. The average molecular weight is 444 g/mol. The van der Waals surface area contributed by atoms with Crippen LogP contribution in [0.15, 0.2) is 35.2 Å². The molecule has 0 aliphatic heterocycles. The fraction of sp³-hybridized carbons (Fsp3) is 0.158. The maximum Gasteiger partial charge on any atom is 0.275 e. The molecule has 0 unspecified atom stereocenters. The molecule has 1 N–H and O–H groups in total. The molecule has 7 nitrogen and oxygen atoms in total. The lowest BCUT2D eigenvalue weighted by molar-refractivity contribution is -0.385. The number of fused-ring (bicyclic) bond motifs is 1. The van der Waals surface area contributed by atoms with Crippen molar-refractivity contribution in [3.05, 3.63) is 62.3 Å². The number of aryl methyl sites for hydroxylation is 2. The number of nitro benzene ring substituents is 1. The molecule has 0 saturated carbocycles. The Morgan fingerprint density at radius 2 is 1.96 bits per heavy atom. The Morgan fingerprint density at radius 3 is 2.61 bits per heavy atom. The highest BCUT2D eigenvalue weighted by molar-refractivity contribution is 9.10. The number of halogens is 2. The van der Waals surface area contributed by atoms with Crippen LogP contribution in [-0.4, -0.2) is 24.7 Å². The Balaban J connectivity index is 2.13. The second-order valence-electron chi connectivity index (χ2n) is 6.59. The third-order valence-electron chi connectivity index (χ3n) is 4.82. The zero-order valence-electron chi connectivity index (χ0n) is 15.2. The zero-order chi connectivity index (χ0) is 20.2. The van der Waals surface area contributed by atoms with E-state index in [-0.39, 0.29) is 11.3 Å². The van der Waals surface area contributed by atoms with Crippen molar-refractivity contribution >= 4 is 32.7 Å². The van der Waals surface area contributed by atoms with E-state index in [1.807, 2.05) is 13.1 Å². The molecule has 28 heavy (non-hydrogen) atoms. The molecule has 0 atom stereocenters. The largest absolute Gasteiger partial charge is 0.339 e. The van der Waals surface area contributed by atoms with Gasteiger partial charge in [-0.1, -0.05) is 0 Å². The molecule has 0 aliphatic rings. The quantitative estimate of drug-likeness (QED) is 0.354. The topological polar surface area (TPSA) is 89.6 Å². The summed E-state index contributed by atoms with van der Waals surface area (Å²) in [6.07, 6.45) is 5.18. The van der Waals surface area contributed by atoms with Crippen molar-refractivity contribution in [3.63, 3.8) is 0 Å². The number of hydrogen-bond donors (Lipinski definition) is 1. The monoisotopic (exact) mass is 443 g/mol. The van der Waals surface area contributed by atoms with Gasteiger partial charge in [0.15, 0.2) is 0 Å². The van der Waals surface area contributed by atoms with Crippen LogP contribution in [0.5, 0.6) is 0 Å². The average Bonchev–Trinajstić information content (AvgIpc) is 3.24. The minimum absolute atomic E-state index is 0.00699. The van der Waals surface area contributed by atoms with Gasteiger partial charge < -0.3 is 4.98 Å². The smallest absolute Gasteiger partial charge is 0.275 e. The second-order valence-corrected chi connectivity index (χ2v) is 7.45. The van der Waals surface area contributed by atoms with Crippen molar-refractivity contribution in [3.8, 4) is 22.4 Å². The van der Waals surface area contributed by atoms with E-state index in [9.17, 15) is 14.5 Å². The maximum absolute atomic E-state index is 14.6. The van der Waals surface area contributed by atoms with E-state index in [1.165, 1.54) is 19.1 Å². The molecule has 0 amide bonds. The summed E-state index contributed by atoms with van der Waals surface area (Å²) in [6, 6.07) is 2.73. The Bertz CT molecular complexity index is 1260. The molecule has 3 aromatic heterocycles. The molecule has 0 bridgehead atoms. The van der Waals surface area contributed by atoms with E-state index in [0.717, 1.165) is 21.0 Å². The molecule has 0 saturated heterocycles. The Kier molecular flexibility index (Phi) is 4.26. The van der Waals surface area contributed by atoms with Gasteiger partial charge in [0.25, 0.3) is 5.69 Å². The summed E-state index contributed by atoms with van der Waals surface area (Å²) in [6.45, 7) is 3.31. The van der Waals surface area contributed by atoms with Crippen LogP contribution < -0.4 is 0 Å². The van der Waals surface area contributed by atoms with Gasteiger partial charge in [0.05, 0.1) is 22.4 Å². The minimum Gasteiger partial charge on any atom is -0.339 e. The number of pyridine rings is 1. The third-order valence-corrected chi connectivity index (χ3v) is 5.62. The van der Waals surface area contributed by atoms with Crippen molar-refractivity contribution in [1.29, 1.82) is 0 Å². The number of nitro groups is 1. The summed E-state index contributed by atoms with van der Waals surface area (Å²) < 4.78 is 17.0. The first-order valence-electron chi connectivity index (χ1n) is 8.38. The van der Waals surface area contributed by atoms with Crippen LogP contribution in [-0.2, 0) is 7.05 Å². The van der Waals surface area contributed by atoms with Gasteiger partial charge in [0, 0.05) is 46.5 Å². The summed E-state index contributed by atoms with van der Waals surface area (Å²) in [5.41, 5.74) is 3.76.